The quantitative estimate of drug-likeness (QED) is 0.886. The molecule has 1 heterocycles. The number of nitrogens with one attached hydrogen (secondary N) is 1. The highest BCUT2D eigenvalue weighted by Crippen LogP contribution is 2.35. The first-order valence-corrected chi connectivity index (χ1v) is 8.52. The van der Waals surface area contributed by atoms with Crippen LogP contribution in [0.15, 0.2) is 42.5 Å². The average molecular weight is 360 g/mol. The molecule has 4 nitrogen and oxygen atoms in total. The molecule has 3 rings (SSSR count). The van der Waals surface area contributed by atoms with Crippen molar-refractivity contribution in [3.63, 3.8) is 0 Å². The molecule has 1 aliphatic heterocycles. The lowest BCUT2D eigenvalue weighted by Crippen LogP contribution is -2.36. The predicted octanol–water partition coefficient (Wildman–Crippen LogP) is 3.60. The van der Waals surface area contributed by atoms with E-state index < -0.39 is 11.6 Å². The minimum absolute atomic E-state index is 0.0375. The van der Waals surface area contributed by atoms with Gasteiger partial charge in [-0.1, -0.05) is 24.3 Å². The van der Waals surface area contributed by atoms with Gasteiger partial charge in [-0.2, -0.15) is 0 Å². The monoisotopic (exact) mass is 360 g/mol. The molecule has 138 valence electrons. The van der Waals surface area contributed by atoms with Crippen LogP contribution in [0.5, 0.6) is 5.75 Å². The number of ether oxygens (including phenoxy) is 1. The van der Waals surface area contributed by atoms with Gasteiger partial charge in [0.05, 0.1) is 13.2 Å². The molecule has 0 unspecified atom stereocenters. The minimum Gasteiger partial charge on any atom is -0.496 e. The van der Waals surface area contributed by atoms with Gasteiger partial charge in [-0.05, 0) is 30.7 Å². The fourth-order valence-corrected chi connectivity index (χ4v) is 3.61. The Morgan fingerprint density at radius 2 is 1.92 bits per heavy atom. The summed E-state index contributed by atoms with van der Waals surface area (Å²) < 4.78 is 32.4. The normalized spacial score (nSPS) is 21.1. The summed E-state index contributed by atoms with van der Waals surface area (Å²) in [4.78, 5) is 13.8. The maximum atomic E-state index is 13.7. The summed E-state index contributed by atoms with van der Waals surface area (Å²) in [7, 11) is 3.30. The highest BCUT2D eigenvalue weighted by molar-refractivity contribution is 5.80. The number of carbonyl (C=O) groups is 1. The Bertz CT molecular complexity index is 812. The van der Waals surface area contributed by atoms with Crippen molar-refractivity contribution in [1.29, 1.82) is 0 Å². The zero-order chi connectivity index (χ0) is 18.8. The summed E-state index contributed by atoms with van der Waals surface area (Å²) in [5.74, 6) is -1.08. The van der Waals surface area contributed by atoms with Crippen LogP contribution >= 0.6 is 0 Å². The fourth-order valence-electron chi connectivity index (χ4n) is 3.61. The Kier molecular flexibility index (Phi) is 5.23. The van der Waals surface area contributed by atoms with Gasteiger partial charge in [0.25, 0.3) is 0 Å². The molecule has 26 heavy (non-hydrogen) atoms. The van der Waals surface area contributed by atoms with Crippen molar-refractivity contribution in [1.82, 2.24) is 10.2 Å². The first kappa shape index (κ1) is 18.3. The molecule has 1 amide bonds. The van der Waals surface area contributed by atoms with Crippen molar-refractivity contribution in [3.05, 3.63) is 65.2 Å². The van der Waals surface area contributed by atoms with Crippen LogP contribution < -0.4 is 10.1 Å². The van der Waals surface area contributed by atoms with Crippen LogP contribution in [0.2, 0.25) is 0 Å². The summed E-state index contributed by atoms with van der Waals surface area (Å²) in [6.07, 6.45) is 0.291. The topological polar surface area (TPSA) is 41.6 Å². The largest absolute Gasteiger partial charge is 0.496 e. The molecular formula is C20H22F2N2O2. The van der Waals surface area contributed by atoms with Crippen molar-refractivity contribution in [3.8, 4) is 5.75 Å². The molecule has 1 saturated heterocycles. The van der Waals surface area contributed by atoms with Gasteiger partial charge in [-0.15, -0.1) is 0 Å². The van der Waals surface area contributed by atoms with Crippen LogP contribution in [0.25, 0.3) is 0 Å². The molecule has 0 aromatic heterocycles. The van der Waals surface area contributed by atoms with Gasteiger partial charge in [-0.3, -0.25) is 4.79 Å². The Morgan fingerprint density at radius 3 is 2.62 bits per heavy atom. The standard InChI is InChI=1S/C20H22F2N2O2/c1-12(14-6-4-5-7-18(14)26-3)23-17-11-19(25)24(2)20(17)13-8-9-15(21)16(22)10-13/h4-10,12,17,20,23H,11H2,1-3H3/t12-,17+,20+/m0/s1. The van der Waals surface area contributed by atoms with Gasteiger partial charge in [0.1, 0.15) is 5.75 Å². The van der Waals surface area contributed by atoms with E-state index in [0.29, 0.717) is 12.0 Å². The molecule has 3 atom stereocenters. The molecule has 0 radical (unpaired) electrons. The van der Waals surface area contributed by atoms with E-state index in [9.17, 15) is 13.6 Å². The molecule has 2 aromatic rings. The van der Waals surface area contributed by atoms with E-state index in [2.05, 4.69) is 5.32 Å². The molecule has 0 bridgehead atoms. The Labute approximate surface area is 151 Å². The summed E-state index contributed by atoms with van der Waals surface area (Å²) >= 11 is 0. The lowest BCUT2D eigenvalue weighted by atomic mass is 9.98. The third-order valence-electron chi connectivity index (χ3n) is 4.94. The maximum Gasteiger partial charge on any atom is 0.224 e. The van der Waals surface area contributed by atoms with Crippen LogP contribution in [0.3, 0.4) is 0 Å². The summed E-state index contributed by atoms with van der Waals surface area (Å²) in [6.45, 7) is 1.99. The van der Waals surface area contributed by atoms with Crippen molar-refractivity contribution in [2.24, 2.45) is 0 Å². The predicted molar refractivity (Wildman–Crippen MR) is 94.8 cm³/mol. The van der Waals surface area contributed by atoms with Gasteiger partial charge in [0.15, 0.2) is 11.6 Å². The smallest absolute Gasteiger partial charge is 0.224 e. The number of carbonyl (C=O) groups excluding carboxylic acids is 1. The van der Waals surface area contributed by atoms with Crippen LogP contribution in [-0.4, -0.2) is 31.0 Å². The number of para-hydroxylation sites is 1. The van der Waals surface area contributed by atoms with E-state index >= 15 is 0 Å². The third-order valence-corrected chi connectivity index (χ3v) is 4.94. The van der Waals surface area contributed by atoms with E-state index in [-0.39, 0.29) is 24.0 Å². The number of rotatable bonds is 5. The second-order valence-electron chi connectivity index (χ2n) is 6.56. The number of likely N-dealkylation sites (N-methyl/N-ethyl adjacent to an activating group) is 1. The second kappa shape index (κ2) is 7.41. The number of amides is 1. The van der Waals surface area contributed by atoms with E-state index in [1.54, 1.807) is 19.1 Å². The van der Waals surface area contributed by atoms with Crippen LogP contribution in [0.1, 0.15) is 36.6 Å². The molecule has 1 N–H and O–H groups in total. The number of hydrogen-bond acceptors (Lipinski definition) is 3. The highest BCUT2D eigenvalue weighted by Gasteiger charge is 2.39. The zero-order valence-corrected chi connectivity index (χ0v) is 15.0. The molecule has 0 aliphatic carbocycles. The Balaban J connectivity index is 1.87. The highest BCUT2D eigenvalue weighted by atomic mass is 19.2. The van der Waals surface area contributed by atoms with Gasteiger partial charge < -0.3 is 15.0 Å². The van der Waals surface area contributed by atoms with Gasteiger partial charge in [-0.25, -0.2) is 8.78 Å². The number of nitrogens with zero attached hydrogens (tertiary/aromatic N) is 1. The number of methoxy groups -OCH3 is 1. The van der Waals surface area contributed by atoms with Gasteiger partial charge in [0, 0.05) is 31.1 Å². The van der Waals surface area contributed by atoms with E-state index in [1.165, 1.54) is 6.07 Å². The second-order valence-corrected chi connectivity index (χ2v) is 6.56. The first-order valence-electron chi connectivity index (χ1n) is 8.52. The lowest BCUT2D eigenvalue weighted by molar-refractivity contribution is -0.127. The molecular weight excluding hydrogens is 338 g/mol. The average Bonchev–Trinajstić information content (AvgIpc) is 2.91. The van der Waals surface area contributed by atoms with E-state index in [0.717, 1.165) is 23.4 Å². The number of halogens is 2. The molecule has 1 fully saturated rings. The Morgan fingerprint density at radius 1 is 1.19 bits per heavy atom. The molecule has 2 aromatic carbocycles. The number of benzene rings is 2. The van der Waals surface area contributed by atoms with E-state index in [4.69, 9.17) is 4.74 Å². The summed E-state index contributed by atoms with van der Waals surface area (Å²) in [6, 6.07) is 10.8. The van der Waals surface area contributed by atoms with Crippen molar-refractivity contribution in [2.45, 2.75) is 31.5 Å². The van der Waals surface area contributed by atoms with Crippen molar-refractivity contribution in [2.75, 3.05) is 14.2 Å². The molecule has 6 heteroatoms. The Hall–Kier alpha value is -2.47. The van der Waals surface area contributed by atoms with Crippen LogP contribution in [0, 0.1) is 11.6 Å². The number of hydrogen-bond donors (Lipinski definition) is 1. The van der Waals surface area contributed by atoms with Gasteiger partial charge >= 0.3 is 0 Å². The first-order chi connectivity index (χ1) is 12.4. The SMILES string of the molecule is COc1ccccc1[C@H](C)N[C@@H]1CC(=O)N(C)[C@@H]1c1ccc(F)c(F)c1. The van der Waals surface area contributed by atoms with Crippen molar-refractivity contribution >= 4 is 5.91 Å². The van der Waals surface area contributed by atoms with Gasteiger partial charge in [0.2, 0.25) is 5.91 Å². The minimum atomic E-state index is -0.910. The number of likely N-dealkylation sites (tertiary alicyclic amines) is 1. The van der Waals surface area contributed by atoms with Crippen LogP contribution in [-0.2, 0) is 4.79 Å². The fraction of sp³-hybridized carbons (Fsp3) is 0.350. The third kappa shape index (κ3) is 3.42. The zero-order valence-electron chi connectivity index (χ0n) is 15.0. The summed E-state index contributed by atoms with van der Waals surface area (Å²) in [5, 5.41) is 3.45. The summed E-state index contributed by atoms with van der Waals surface area (Å²) in [5.41, 5.74) is 1.54. The molecule has 0 spiro atoms. The van der Waals surface area contributed by atoms with E-state index in [1.807, 2.05) is 31.2 Å². The van der Waals surface area contributed by atoms with Crippen LogP contribution in [0.4, 0.5) is 8.78 Å². The van der Waals surface area contributed by atoms with Crippen molar-refractivity contribution < 1.29 is 18.3 Å². The lowest BCUT2D eigenvalue weighted by Gasteiger charge is -2.29. The molecule has 1 aliphatic rings. The molecule has 0 saturated carbocycles. The maximum absolute atomic E-state index is 13.7.